The van der Waals surface area contributed by atoms with Crippen LogP contribution >= 0.6 is 11.3 Å². The lowest BCUT2D eigenvalue weighted by atomic mass is 10.1. The lowest BCUT2D eigenvalue weighted by molar-refractivity contribution is 0.147. The molecule has 0 bridgehead atoms. The average molecular weight is 330 g/mol. The lowest BCUT2D eigenvalue weighted by Gasteiger charge is -2.06. The van der Waals surface area contributed by atoms with E-state index in [4.69, 9.17) is 4.74 Å². The van der Waals surface area contributed by atoms with Gasteiger partial charge in [-0.05, 0) is 12.8 Å². The maximum absolute atomic E-state index is 11.7. The first-order valence-electron chi connectivity index (χ1n) is 7.38. The van der Waals surface area contributed by atoms with Gasteiger partial charge in [0.25, 0.3) is 5.95 Å². The molecule has 3 aromatic rings. The molecule has 2 aromatic heterocycles. The molecule has 1 N–H and O–H groups in total. The summed E-state index contributed by atoms with van der Waals surface area (Å²) in [5.74, 6) is 0.534. The topological polar surface area (TPSA) is 68.5 Å². The van der Waals surface area contributed by atoms with E-state index in [9.17, 15) is 4.79 Å². The predicted octanol–water partition coefficient (Wildman–Crippen LogP) is 3.97. The van der Waals surface area contributed by atoms with E-state index in [2.05, 4.69) is 27.5 Å². The Hall–Kier alpha value is -2.41. The minimum atomic E-state index is -0.533. The van der Waals surface area contributed by atoms with Gasteiger partial charge in [0.15, 0.2) is 0 Å². The van der Waals surface area contributed by atoms with Gasteiger partial charge in [0, 0.05) is 10.9 Å². The van der Waals surface area contributed by atoms with Crippen LogP contribution in [-0.4, -0.2) is 27.3 Å². The summed E-state index contributed by atoms with van der Waals surface area (Å²) in [6.45, 7) is 6.37. The number of aryl methyl sites for hydroxylation is 1. The molecule has 120 valence electrons. The van der Waals surface area contributed by atoms with Crippen LogP contribution in [0.15, 0.2) is 29.6 Å². The van der Waals surface area contributed by atoms with Crippen LogP contribution in [0.2, 0.25) is 0 Å². The van der Waals surface area contributed by atoms with E-state index < -0.39 is 6.09 Å². The Morgan fingerprint density at radius 3 is 2.78 bits per heavy atom. The molecule has 0 atom stereocenters. The van der Waals surface area contributed by atoms with Crippen molar-refractivity contribution >= 4 is 28.3 Å². The maximum atomic E-state index is 11.7. The molecule has 0 aliphatic heterocycles. The van der Waals surface area contributed by atoms with Crippen molar-refractivity contribution < 1.29 is 9.53 Å². The lowest BCUT2D eigenvalue weighted by Crippen LogP contribution is -2.17. The molecule has 0 saturated heterocycles. The van der Waals surface area contributed by atoms with Gasteiger partial charge in [-0.2, -0.15) is 4.98 Å². The summed E-state index contributed by atoms with van der Waals surface area (Å²) in [7, 11) is 0. The average Bonchev–Trinajstić information content (AvgIpc) is 3.06. The number of anilines is 1. The zero-order valence-corrected chi connectivity index (χ0v) is 14.1. The summed E-state index contributed by atoms with van der Waals surface area (Å²) in [6, 6.07) is 8.20. The van der Waals surface area contributed by atoms with Crippen LogP contribution in [0.25, 0.3) is 16.2 Å². The molecular formula is C16H18N4O2S. The van der Waals surface area contributed by atoms with Crippen LogP contribution in [0, 0.1) is 12.8 Å². The van der Waals surface area contributed by atoms with Crippen molar-refractivity contribution in [3.63, 3.8) is 0 Å². The van der Waals surface area contributed by atoms with Crippen molar-refractivity contribution in [1.82, 2.24) is 14.6 Å². The Kier molecular flexibility index (Phi) is 4.29. The quantitative estimate of drug-likeness (QED) is 0.786. The Labute approximate surface area is 138 Å². The van der Waals surface area contributed by atoms with E-state index in [1.54, 1.807) is 4.52 Å². The zero-order chi connectivity index (χ0) is 16.4. The Bertz CT molecular complexity index is 820. The molecule has 3 rings (SSSR count). The summed E-state index contributed by atoms with van der Waals surface area (Å²) < 4.78 is 6.80. The van der Waals surface area contributed by atoms with Crippen LogP contribution < -0.4 is 5.32 Å². The number of nitrogens with zero attached hydrogens (tertiary/aromatic N) is 3. The number of benzene rings is 1. The smallest absolute Gasteiger partial charge is 0.414 e. The number of ether oxygens (including phenoxy) is 1. The number of hydrogen-bond acceptors (Lipinski definition) is 5. The second kappa shape index (κ2) is 6.37. The van der Waals surface area contributed by atoms with E-state index in [1.807, 2.05) is 38.3 Å². The molecule has 0 fully saturated rings. The van der Waals surface area contributed by atoms with Crippen LogP contribution in [0.1, 0.15) is 19.4 Å². The van der Waals surface area contributed by atoms with Crippen LogP contribution in [0.5, 0.6) is 0 Å². The molecule has 23 heavy (non-hydrogen) atoms. The third-order valence-electron chi connectivity index (χ3n) is 3.19. The van der Waals surface area contributed by atoms with E-state index in [0.717, 1.165) is 16.2 Å². The van der Waals surface area contributed by atoms with Gasteiger partial charge in [-0.25, -0.2) is 9.31 Å². The number of amides is 1. The number of carbonyl (C=O) groups is 1. The standard InChI is InChI=1S/C16H18N4O2S/c1-10(2)8-22-16(21)18-14-17-15-20(19-14)13(9-23-15)12-6-4-11(3)5-7-12/h4-7,9-10H,8H2,1-3H3,(H,18,19,21). The van der Waals surface area contributed by atoms with Crippen molar-refractivity contribution in [2.24, 2.45) is 5.92 Å². The molecular weight excluding hydrogens is 312 g/mol. The Morgan fingerprint density at radius 2 is 2.09 bits per heavy atom. The van der Waals surface area contributed by atoms with Gasteiger partial charge >= 0.3 is 6.09 Å². The van der Waals surface area contributed by atoms with E-state index >= 15 is 0 Å². The fraction of sp³-hybridized carbons (Fsp3) is 0.312. The van der Waals surface area contributed by atoms with Gasteiger partial charge < -0.3 is 4.74 Å². The first-order valence-corrected chi connectivity index (χ1v) is 8.26. The van der Waals surface area contributed by atoms with Gasteiger partial charge in [0.1, 0.15) is 0 Å². The molecule has 1 aromatic carbocycles. The number of rotatable bonds is 4. The monoisotopic (exact) mass is 330 g/mol. The first kappa shape index (κ1) is 15.5. The number of thiazole rings is 1. The SMILES string of the molecule is Cc1ccc(-c2csc3nc(NC(=O)OCC(C)C)nn23)cc1. The van der Waals surface area contributed by atoms with E-state index in [0.29, 0.717) is 6.61 Å². The second-order valence-electron chi connectivity index (χ2n) is 5.73. The number of hydrogen-bond donors (Lipinski definition) is 1. The molecule has 0 aliphatic rings. The highest BCUT2D eigenvalue weighted by Crippen LogP contribution is 2.26. The van der Waals surface area contributed by atoms with Crippen molar-refractivity contribution in [2.45, 2.75) is 20.8 Å². The third-order valence-corrected chi connectivity index (χ3v) is 4.01. The minimum absolute atomic E-state index is 0.249. The Balaban J connectivity index is 1.80. The summed E-state index contributed by atoms with van der Waals surface area (Å²) in [4.78, 5) is 16.7. The molecule has 7 heteroatoms. The van der Waals surface area contributed by atoms with Gasteiger partial charge in [-0.1, -0.05) is 43.7 Å². The van der Waals surface area contributed by atoms with Gasteiger partial charge in [-0.3, -0.25) is 5.32 Å². The molecule has 0 spiro atoms. The highest BCUT2D eigenvalue weighted by Gasteiger charge is 2.14. The largest absolute Gasteiger partial charge is 0.449 e. The van der Waals surface area contributed by atoms with E-state index in [1.165, 1.54) is 16.9 Å². The highest BCUT2D eigenvalue weighted by atomic mass is 32.1. The first-order chi connectivity index (χ1) is 11.0. The van der Waals surface area contributed by atoms with Crippen LogP contribution in [0.4, 0.5) is 10.7 Å². The van der Waals surface area contributed by atoms with Crippen molar-refractivity contribution in [3.8, 4) is 11.3 Å². The molecule has 2 heterocycles. The molecule has 0 aliphatic carbocycles. The fourth-order valence-electron chi connectivity index (χ4n) is 2.03. The van der Waals surface area contributed by atoms with Gasteiger partial charge in [0.05, 0.1) is 12.3 Å². The molecule has 0 unspecified atom stereocenters. The van der Waals surface area contributed by atoms with Gasteiger partial charge in [0.2, 0.25) is 4.96 Å². The summed E-state index contributed by atoms with van der Waals surface area (Å²) in [6.07, 6.45) is -0.533. The van der Waals surface area contributed by atoms with E-state index in [-0.39, 0.29) is 11.9 Å². The fourth-order valence-corrected chi connectivity index (χ4v) is 2.86. The molecule has 6 nitrogen and oxygen atoms in total. The third kappa shape index (κ3) is 3.50. The summed E-state index contributed by atoms with van der Waals surface area (Å²) >= 11 is 1.48. The summed E-state index contributed by atoms with van der Waals surface area (Å²) in [5.41, 5.74) is 3.20. The maximum Gasteiger partial charge on any atom is 0.414 e. The predicted molar refractivity (Wildman–Crippen MR) is 90.8 cm³/mol. The zero-order valence-electron chi connectivity index (χ0n) is 13.2. The van der Waals surface area contributed by atoms with Crippen LogP contribution in [0.3, 0.4) is 0 Å². The number of fused-ring (bicyclic) bond motifs is 1. The number of aromatic nitrogens is 3. The number of nitrogens with one attached hydrogen (secondary N) is 1. The molecule has 1 amide bonds. The highest BCUT2D eigenvalue weighted by molar-refractivity contribution is 7.15. The molecule has 0 radical (unpaired) electrons. The van der Waals surface area contributed by atoms with Crippen molar-refractivity contribution in [1.29, 1.82) is 0 Å². The summed E-state index contributed by atoms with van der Waals surface area (Å²) in [5, 5.41) is 8.91. The van der Waals surface area contributed by atoms with Crippen molar-refractivity contribution in [2.75, 3.05) is 11.9 Å². The number of carbonyl (C=O) groups excluding carboxylic acids is 1. The minimum Gasteiger partial charge on any atom is -0.449 e. The normalized spacial score (nSPS) is 11.1. The Morgan fingerprint density at radius 1 is 1.35 bits per heavy atom. The van der Waals surface area contributed by atoms with Crippen LogP contribution in [-0.2, 0) is 4.74 Å². The second-order valence-corrected chi connectivity index (χ2v) is 6.57. The molecule has 0 saturated carbocycles. The van der Waals surface area contributed by atoms with Gasteiger partial charge in [-0.15, -0.1) is 16.4 Å². The van der Waals surface area contributed by atoms with Crippen molar-refractivity contribution in [3.05, 3.63) is 35.2 Å².